The second kappa shape index (κ2) is 8.34. The molecule has 3 heterocycles. The largest absolute Gasteiger partial charge is 0.454 e. The molecule has 0 bridgehead atoms. The smallest absolute Gasteiger partial charge is 0.340 e. The molecule has 1 aromatic carbocycles. The summed E-state index contributed by atoms with van der Waals surface area (Å²) in [6, 6.07) is 15.2. The number of aromatic nitrogens is 3. The molecule has 3 aromatic heterocycles. The molecule has 4 aromatic rings. The SMILES string of the molecule is Cc1cc(-n2c(C)cc(C(=O)COC(=O)c3cc(C)n(-c4ccccc4)c3C)c2C)no1. The molecule has 0 amide bonds. The van der Waals surface area contributed by atoms with Crippen molar-refractivity contribution in [2.75, 3.05) is 6.61 Å². The molecule has 0 aliphatic rings. The van der Waals surface area contributed by atoms with Crippen molar-refractivity contribution in [3.8, 4) is 11.5 Å². The van der Waals surface area contributed by atoms with Crippen LogP contribution in [0.3, 0.4) is 0 Å². The third kappa shape index (κ3) is 3.77. The van der Waals surface area contributed by atoms with Crippen molar-refractivity contribution in [3.63, 3.8) is 0 Å². The van der Waals surface area contributed by atoms with E-state index in [-0.39, 0.29) is 12.4 Å². The van der Waals surface area contributed by atoms with E-state index in [1.807, 2.05) is 74.1 Å². The molecule has 0 fully saturated rings. The molecule has 0 saturated carbocycles. The van der Waals surface area contributed by atoms with Gasteiger partial charge in [0.1, 0.15) is 5.76 Å². The Labute approximate surface area is 186 Å². The van der Waals surface area contributed by atoms with Gasteiger partial charge in [-0.05, 0) is 58.9 Å². The van der Waals surface area contributed by atoms with Gasteiger partial charge in [-0.15, -0.1) is 0 Å². The lowest BCUT2D eigenvalue weighted by Gasteiger charge is -2.09. The van der Waals surface area contributed by atoms with Crippen molar-refractivity contribution in [1.29, 1.82) is 0 Å². The highest BCUT2D eigenvalue weighted by molar-refractivity contribution is 6.00. The molecule has 164 valence electrons. The Bertz CT molecular complexity index is 1310. The average Bonchev–Trinajstić information content (AvgIpc) is 3.41. The summed E-state index contributed by atoms with van der Waals surface area (Å²) in [6.07, 6.45) is 0. The Kier molecular flexibility index (Phi) is 5.57. The number of rotatable bonds is 6. The van der Waals surface area contributed by atoms with Gasteiger partial charge >= 0.3 is 5.97 Å². The van der Waals surface area contributed by atoms with E-state index >= 15 is 0 Å². The van der Waals surface area contributed by atoms with Gasteiger partial charge in [0.25, 0.3) is 0 Å². The fraction of sp³-hybridized carbons (Fsp3) is 0.240. The fourth-order valence-electron chi connectivity index (χ4n) is 4.09. The minimum atomic E-state index is -0.519. The molecule has 0 aliphatic carbocycles. The van der Waals surface area contributed by atoms with Gasteiger partial charge in [0.15, 0.2) is 12.4 Å². The Balaban J connectivity index is 1.52. The standard InChI is InChI=1S/C25H25N3O4/c1-15-12-22(19(5)27(15)20-9-7-6-8-10-20)25(30)31-14-23(29)21-11-16(2)28(18(21)4)24-13-17(3)32-26-24/h6-13H,14H2,1-5H3. The maximum absolute atomic E-state index is 12.8. The van der Waals surface area contributed by atoms with Crippen molar-refractivity contribution in [2.24, 2.45) is 0 Å². The molecule has 0 aliphatic heterocycles. The number of carbonyl (C=O) groups is 2. The van der Waals surface area contributed by atoms with E-state index in [1.54, 1.807) is 18.2 Å². The number of nitrogens with zero attached hydrogens (tertiary/aromatic N) is 3. The molecular formula is C25H25N3O4. The van der Waals surface area contributed by atoms with Crippen molar-refractivity contribution in [1.82, 2.24) is 14.3 Å². The van der Waals surface area contributed by atoms with Gasteiger partial charge in [0.05, 0.1) is 5.56 Å². The second-order valence-corrected chi connectivity index (χ2v) is 7.87. The molecule has 0 N–H and O–H groups in total. The zero-order valence-electron chi connectivity index (χ0n) is 18.8. The van der Waals surface area contributed by atoms with E-state index in [9.17, 15) is 9.59 Å². The lowest BCUT2D eigenvalue weighted by atomic mass is 10.1. The minimum absolute atomic E-state index is 0.269. The maximum Gasteiger partial charge on any atom is 0.340 e. The zero-order chi connectivity index (χ0) is 23.0. The minimum Gasteiger partial charge on any atom is -0.454 e. The highest BCUT2D eigenvalue weighted by atomic mass is 16.5. The van der Waals surface area contributed by atoms with Crippen LogP contribution in [0.4, 0.5) is 0 Å². The number of ketones is 1. The lowest BCUT2D eigenvalue weighted by molar-refractivity contribution is 0.0474. The third-order valence-electron chi connectivity index (χ3n) is 5.58. The molecule has 0 radical (unpaired) electrons. The number of hydrogen-bond acceptors (Lipinski definition) is 5. The summed E-state index contributed by atoms with van der Waals surface area (Å²) >= 11 is 0. The van der Waals surface area contributed by atoms with Crippen molar-refractivity contribution in [2.45, 2.75) is 34.6 Å². The van der Waals surface area contributed by atoms with Crippen LogP contribution in [-0.2, 0) is 4.74 Å². The van der Waals surface area contributed by atoms with Crippen LogP contribution in [0, 0.1) is 34.6 Å². The Morgan fingerprint density at radius 2 is 1.50 bits per heavy atom. The molecular weight excluding hydrogens is 406 g/mol. The summed E-state index contributed by atoms with van der Waals surface area (Å²) in [4.78, 5) is 25.6. The van der Waals surface area contributed by atoms with Gasteiger partial charge in [-0.3, -0.25) is 9.36 Å². The average molecular weight is 431 g/mol. The van der Waals surface area contributed by atoms with E-state index in [4.69, 9.17) is 9.26 Å². The van der Waals surface area contributed by atoms with E-state index < -0.39 is 5.97 Å². The molecule has 32 heavy (non-hydrogen) atoms. The van der Waals surface area contributed by atoms with Gasteiger partial charge in [-0.2, -0.15) is 0 Å². The first-order valence-electron chi connectivity index (χ1n) is 10.3. The Morgan fingerprint density at radius 3 is 2.16 bits per heavy atom. The predicted octanol–water partition coefficient (Wildman–Crippen LogP) is 4.84. The van der Waals surface area contributed by atoms with Crippen LogP contribution in [0.15, 0.2) is 53.1 Å². The first-order valence-corrected chi connectivity index (χ1v) is 10.3. The summed E-state index contributed by atoms with van der Waals surface area (Å²) in [7, 11) is 0. The number of carbonyl (C=O) groups excluding carboxylic acids is 2. The predicted molar refractivity (Wildman–Crippen MR) is 120 cm³/mol. The van der Waals surface area contributed by atoms with Crippen molar-refractivity contribution in [3.05, 3.63) is 88.2 Å². The van der Waals surface area contributed by atoms with Gasteiger partial charge in [-0.25, -0.2) is 4.79 Å². The number of ether oxygens (including phenoxy) is 1. The fourth-order valence-corrected chi connectivity index (χ4v) is 4.09. The maximum atomic E-state index is 12.8. The molecule has 4 rings (SSSR count). The lowest BCUT2D eigenvalue weighted by Crippen LogP contribution is -2.15. The number of para-hydroxylation sites is 1. The number of aryl methyl sites for hydroxylation is 3. The summed E-state index contributed by atoms with van der Waals surface area (Å²) in [5.74, 6) is 0.508. The van der Waals surface area contributed by atoms with Gasteiger partial charge in [-0.1, -0.05) is 23.4 Å². The molecule has 0 saturated heterocycles. The summed E-state index contributed by atoms with van der Waals surface area (Å²) in [6.45, 7) is 8.99. The van der Waals surface area contributed by atoms with E-state index in [0.29, 0.717) is 22.7 Å². The van der Waals surface area contributed by atoms with E-state index in [2.05, 4.69) is 5.16 Å². The molecule has 0 unspecified atom stereocenters. The Hall–Kier alpha value is -3.87. The number of benzene rings is 1. The summed E-state index contributed by atoms with van der Waals surface area (Å²) in [5, 5.41) is 4.03. The van der Waals surface area contributed by atoms with Gasteiger partial charge < -0.3 is 13.8 Å². The van der Waals surface area contributed by atoms with Crippen LogP contribution in [0.25, 0.3) is 11.5 Å². The third-order valence-corrected chi connectivity index (χ3v) is 5.58. The highest BCUT2D eigenvalue weighted by Gasteiger charge is 2.22. The monoisotopic (exact) mass is 431 g/mol. The van der Waals surface area contributed by atoms with Crippen LogP contribution in [0.1, 0.15) is 49.3 Å². The van der Waals surface area contributed by atoms with Crippen molar-refractivity contribution < 1.29 is 18.8 Å². The van der Waals surface area contributed by atoms with Crippen LogP contribution in [0.2, 0.25) is 0 Å². The highest BCUT2D eigenvalue weighted by Crippen LogP contribution is 2.23. The molecule has 0 spiro atoms. The van der Waals surface area contributed by atoms with Crippen LogP contribution in [-0.4, -0.2) is 32.7 Å². The zero-order valence-corrected chi connectivity index (χ0v) is 18.8. The van der Waals surface area contributed by atoms with Gasteiger partial charge in [0.2, 0.25) is 5.78 Å². The topological polar surface area (TPSA) is 79.3 Å². The number of esters is 1. The molecule has 7 nitrogen and oxygen atoms in total. The summed E-state index contributed by atoms with van der Waals surface area (Å²) < 4.78 is 14.4. The van der Waals surface area contributed by atoms with Crippen LogP contribution in [0.5, 0.6) is 0 Å². The first-order chi connectivity index (χ1) is 15.3. The number of Topliss-reactive ketones (excluding diaryl/α,β-unsaturated/α-hetero) is 1. The summed E-state index contributed by atoms with van der Waals surface area (Å²) in [5.41, 5.74) is 5.15. The normalized spacial score (nSPS) is 11.0. The Morgan fingerprint density at radius 1 is 0.875 bits per heavy atom. The van der Waals surface area contributed by atoms with E-state index in [1.165, 1.54) is 0 Å². The second-order valence-electron chi connectivity index (χ2n) is 7.87. The van der Waals surface area contributed by atoms with Crippen molar-refractivity contribution >= 4 is 11.8 Å². The quantitative estimate of drug-likeness (QED) is 0.322. The first kappa shape index (κ1) is 21.4. The van der Waals surface area contributed by atoms with Crippen LogP contribution < -0.4 is 0 Å². The molecule has 0 atom stereocenters. The van der Waals surface area contributed by atoms with E-state index in [0.717, 1.165) is 28.5 Å². The molecule has 7 heteroatoms. The van der Waals surface area contributed by atoms with Crippen LogP contribution >= 0.6 is 0 Å². The van der Waals surface area contributed by atoms with Gasteiger partial charge in [0, 0.05) is 40.1 Å². The number of hydrogen-bond donors (Lipinski definition) is 0.